The van der Waals surface area contributed by atoms with Crippen molar-refractivity contribution in [2.24, 2.45) is 5.14 Å². The second-order valence-electron chi connectivity index (χ2n) is 3.05. The Labute approximate surface area is 92.5 Å². The molecule has 0 unspecified atom stereocenters. The van der Waals surface area contributed by atoms with Crippen molar-refractivity contribution in [3.63, 3.8) is 0 Å². The monoisotopic (exact) mass is 246 g/mol. The van der Waals surface area contributed by atoms with Gasteiger partial charge in [0.05, 0.1) is 0 Å². The number of hydrogen-bond donors (Lipinski definition) is 2. The number of benzene rings is 1. The summed E-state index contributed by atoms with van der Waals surface area (Å²) in [5, 5.41) is 7.26. The zero-order chi connectivity index (χ0) is 12.3. The summed E-state index contributed by atoms with van der Waals surface area (Å²) in [7, 11) is -4.16. The minimum absolute atomic E-state index is 0.0484. The molecular formula is C9H11FN2O3S. The van der Waals surface area contributed by atoms with Gasteiger partial charge in [0.2, 0.25) is 10.0 Å². The van der Waals surface area contributed by atoms with Crippen LogP contribution in [0.1, 0.15) is 17.3 Å². The summed E-state index contributed by atoms with van der Waals surface area (Å²) in [6.07, 6.45) is 0. The molecule has 1 aromatic carbocycles. The first kappa shape index (κ1) is 12.6. The van der Waals surface area contributed by atoms with Crippen molar-refractivity contribution in [2.45, 2.75) is 11.8 Å². The maximum Gasteiger partial charge on any atom is 0.251 e. The third kappa shape index (κ3) is 2.77. The van der Waals surface area contributed by atoms with Crippen LogP contribution in [-0.4, -0.2) is 20.9 Å². The van der Waals surface area contributed by atoms with E-state index in [2.05, 4.69) is 5.32 Å². The molecule has 1 aromatic rings. The molecule has 5 nitrogen and oxygen atoms in total. The molecule has 0 aliphatic rings. The molecule has 0 aliphatic carbocycles. The predicted octanol–water partition coefficient (Wildman–Crippen LogP) is 0.223. The molecule has 0 heterocycles. The second kappa shape index (κ2) is 4.58. The van der Waals surface area contributed by atoms with E-state index in [9.17, 15) is 17.6 Å². The number of hydrogen-bond acceptors (Lipinski definition) is 3. The van der Waals surface area contributed by atoms with E-state index in [1.807, 2.05) is 0 Å². The number of carbonyl (C=O) groups excluding carboxylic acids is 1. The fourth-order valence-electron chi connectivity index (χ4n) is 1.13. The zero-order valence-corrected chi connectivity index (χ0v) is 9.34. The summed E-state index contributed by atoms with van der Waals surface area (Å²) in [5.74, 6) is -1.46. The Morgan fingerprint density at radius 3 is 2.62 bits per heavy atom. The van der Waals surface area contributed by atoms with Gasteiger partial charge in [0.15, 0.2) is 0 Å². The van der Waals surface area contributed by atoms with Gasteiger partial charge >= 0.3 is 0 Å². The molecule has 0 fully saturated rings. The molecule has 1 amide bonds. The van der Waals surface area contributed by atoms with E-state index in [0.717, 1.165) is 12.1 Å². The number of amides is 1. The molecule has 7 heteroatoms. The number of sulfonamides is 1. The molecule has 3 N–H and O–H groups in total. The van der Waals surface area contributed by atoms with E-state index in [4.69, 9.17) is 5.14 Å². The highest BCUT2D eigenvalue weighted by molar-refractivity contribution is 7.89. The van der Waals surface area contributed by atoms with Crippen molar-refractivity contribution in [3.8, 4) is 0 Å². The van der Waals surface area contributed by atoms with Crippen LogP contribution in [0.4, 0.5) is 4.39 Å². The molecule has 0 radical (unpaired) electrons. The quantitative estimate of drug-likeness (QED) is 0.799. The molecule has 0 aliphatic heterocycles. The molecular weight excluding hydrogens is 235 g/mol. The number of nitrogens with one attached hydrogen (secondary N) is 1. The van der Waals surface area contributed by atoms with Crippen LogP contribution in [-0.2, 0) is 10.0 Å². The molecule has 0 spiro atoms. The maximum atomic E-state index is 13.1. The average Bonchev–Trinajstić information content (AvgIpc) is 2.16. The second-order valence-corrected chi connectivity index (χ2v) is 4.58. The van der Waals surface area contributed by atoms with Gasteiger partial charge in [0.25, 0.3) is 5.91 Å². The van der Waals surface area contributed by atoms with E-state index in [0.29, 0.717) is 6.54 Å². The van der Waals surface area contributed by atoms with Gasteiger partial charge in [-0.2, -0.15) is 0 Å². The van der Waals surface area contributed by atoms with E-state index >= 15 is 0 Å². The normalized spacial score (nSPS) is 11.2. The lowest BCUT2D eigenvalue weighted by Crippen LogP contribution is -2.23. The highest BCUT2D eigenvalue weighted by Crippen LogP contribution is 2.14. The summed E-state index contributed by atoms with van der Waals surface area (Å²) in [6, 6.07) is 3.00. The molecule has 0 bridgehead atoms. The molecule has 0 atom stereocenters. The molecule has 1 rings (SSSR count). The van der Waals surface area contributed by atoms with E-state index in [1.54, 1.807) is 6.92 Å². The van der Waals surface area contributed by atoms with Gasteiger partial charge in [-0.15, -0.1) is 0 Å². The number of rotatable bonds is 3. The van der Waals surface area contributed by atoms with Gasteiger partial charge < -0.3 is 5.32 Å². The fourth-order valence-corrected chi connectivity index (χ4v) is 1.76. The van der Waals surface area contributed by atoms with Crippen LogP contribution in [0.15, 0.2) is 23.1 Å². The Morgan fingerprint density at radius 2 is 2.12 bits per heavy atom. The summed E-state index contributed by atoms with van der Waals surface area (Å²) in [6.45, 7) is 2.10. The highest BCUT2D eigenvalue weighted by atomic mass is 32.2. The Balaban J connectivity index is 3.23. The summed E-state index contributed by atoms with van der Waals surface area (Å²) in [5.41, 5.74) is 0.0484. The SMILES string of the molecule is CCNC(=O)c1ccc(F)c(S(N)(=O)=O)c1. The number of halogens is 1. The minimum Gasteiger partial charge on any atom is -0.352 e. The third-order valence-electron chi connectivity index (χ3n) is 1.84. The Kier molecular flexibility index (Phi) is 3.61. The van der Waals surface area contributed by atoms with E-state index < -0.39 is 26.6 Å². The lowest BCUT2D eigenvalue weighted by atomic mass is 10.2. The smallest absolute Gasteiger partial charge is 0.251 e. The van der Waals surface area contributed by atoms with E-state index in [-0.39, 0.29) is 5.56 Å². The molecule has 0 saturated carbocycles. The summed E-state index contributed by atoms with van der Waals surface area (Å²) < 4.78 is 35.1. The van der Waals surface area contributed by atoms with Crippen LogP contribution in [0.5, 0.6) is 0 Å². The predicted molar refractivity (Wildman–Crippen MR) is 55.8 cm³/mol. The van der Waals surface area contributed by atoms with Gasteiger partial charge in [-0.3, -0.25) is 4.79 Å². The van der Waals surface area contributed by atoms with Gasteiger partial charge in [0, 0.05) is 12.1 Å². The molecule has 0 aromatic heterocycles. The van der Waals surface area contributed by atoms with Gasteiger partial charge in [-0.1, -0.05) is 0 Å². The Bertz CT molecular complexity index is 513. The maximum absolute atomic E-state index is 13.1. The lowest BCUT2D eigenvalue weighted by Gasteiger charge is -2.05. The zero-order valence-electron chi connectivity index (χ0n) is 8.53. The van der Waals surface area contributed by atoms with Crippen molar-refractivity contribution in [2.75, 3.05) is 6.54 Å². The van der Waals surface area contributed by atoms with Crippen molar-refractivity contribution in [1.82, 2.24) is 5.32 Å². The first-order valence-corrected chi connectivity index (χ1v) is 6.01. The van der Waals surface area contributed by atoms with Crippen molar-refractivity contribution in [1.29, 1.82) is 0 Å². The van der Waals surface area contributed by atoms with Crippen LogP contribution < -0.4 is 10.5 Å². The van der Waals surface area contributed by atoms with Gasteiger partial charge in [-0.25, -0.2) is 17.9 Å². The topological polar surface area (TPSA) is 89.3 Å². The van der Waals surface area contributed by atoms with Crippen LogP contribution >= 0.6 is 0 Å². The highest BCUT2D eigenvalue weighted by Gasteiger charge is 2.16. The van der Waals surface area contributed by atoms with Crippen LogP contribution in [0.25, 0.3) is 0 Å². The van der Waals surface area contributed by atoms with Crippen molar-refractivity contribution in [3.05, 3.63) is 29.6 Å². The fraction of sp³-hybridized carbons (Fsp3) is 0.222. The largest absolute Gasteiger partial charge is 0.352 e. The number of carbonyl (C=O) groups is 1. The number of nitrogens with two attached hydrogens (primary N) is 1. The first-order valence-electron chi connectivity index (χ1n) is 4.46. The Hall–Kier alpha value is -1.47. The van der Waals surface area contributed by atoms with Crippen LogP contribution in [0.3, 0.4) is 0 Å². The average molecular weight is 246 g/mol. The van der Waals surface area contributed by atoms with E-state index in [1.165, 1.54) is 6.07 Å². The lowest BCUT2D eigenvalue weighted by molar-refractivity contribution is 0.0955. The van der Waals surface area contributed by atoms with Crippen LogP contribution in [0.2, 0.25) is 0 Å². The van der Waals surface area contributed by atoms with Crippen molar-refractivity contribution < 1.29 is 17.6 Å². The summed E-state index contributed by atoms with van der Waals surface area (Å²) in [4.78, 5) is 10.7. The summed E-state index contributed by atoms with van der Waals surface area (Å²) >= 11 is 0. The van der Waals surface area contributed by atoms with Gasteiger partial charge in [0.1, 0.15) is 10.7 Å². The third-order valence-corrected chi connectivity index (χ3v) is 2.76. The molecule has 88 valence electrons. The molecule has 0 saturated heterocycles. The first-order chi connectivity index (χ1) is 7.36. The standard InChI is InChI=1S/C9H11FN2O3S/c1-2-12-9(13)6-3-4-7(10)8(5-6)16(11,14)15/h3-5H,2H2,1H3,(H,12,13)(H2,11,14,15). The van der Waals surface area contributed by atoms with Gasteiger partial charge in [-0.05, 0) is 25.1 Å². The van der Waals surface area contributed by atoms with Crippen molar-refractivity contribution >= 4 is 15.9 Å². The minimum atomic E-state index is -4.16. The Morgan fingerprint density at radius 1 is 1.50 bits per heavy atom. The molecule has 16 heavy (non-hydrogen) atoms. The number of primary sulfonamides is 1. The van der Waals surface area contributed by atoms with Crippen LogP contribution in [0, 0.1) is 5.82 Å².